The van der Waals surface area contributed by atoms with E-state index in [4.69, 9.17) is 0 Å². The molecular weight excluding hydrogens is 344 g/mol. The van der Waals surface area contributed by atoms with Crippen LogP contribution in [0.1, 0.15) is 22.4 Å². The Balaban J connectivity index is 1.64. The number of thiophene rings is 1. The fourth-order valence-corrected chi connectivity index (χ4v) is 3.96. The lowest BCUT2D eigenvalue weighted by molar-refractivity contribution is -0.135. The lowest BCUT2D eigenvalue weighted by atomic mass is 10.1. The van der Waals surface area contributed by atoms with E-state index in [1.165, 1.54) is 5.56 Å². The van der Waals surface area contributed by atoms with Crippen LogP contribution in [0.3, 0.4) is 0 Å². The standard InChI is InChI=1S/C21H24N2O2S/c1-3-10-22(15-19-5-4-11-26-19)21(25)18-12-20(24)23(14-18)13-17-8-6-16(2)7-9-17/h3-9,11,18H,1,10,12-15H2,2H3. The van der Waals surface area contributed by atoms with Gasteiger partial charge in [-0.05, 0) is 23.9 Å². The molecule has 1 aromatic heterocycles. The monoisotopic (exact) mass is 368 g/mol. The zero-order chi connectivity index (χ0) is 18.5. The van der Waals surface area contributed by atoms with Crippen LogP contribution in [0.25, 0.3) is 0 Å². The van der Waals surface area contributed by atoms with Crippen molar-refractivity contribution in [3.8, 4) is 0 Å². The lowest BCUT2D eigenvalue weighted by Gasteiger charge is -2.24. The van der Waals surface area contributed by atoms with Gasteiger partial charge in [0.1, 0.15) is 0 Å². The number of benzene rings is 1. The van der Waals surface area contributed by atoms with Gasteiger partial charge in [-0.3, -0.25) is 9.59 Å². The van der Waals surface area contributed by atoms with Gasteiger partial charge in [0.25, 0.3) is 0 Å². The van der Waals surface area contributed by atoms with Gasteiger partial charge in [-0.2, -0.15) is 0 Å². The van der Waals surface area contributed by atoms with E-state index in [1.807, 2.05) is 48.7 Å². The summed E-state index contributed by atoms with van der Waals surface area (Å²) >= 11 is 1.64. The van der Waals surface area contributed by atoms with Gasteiger partial charge in [0.2, 0.25) is 11.8 Å². The summed E-state index contributed by atoms with van der Waals surface area (Å²) in [6, 6.07) is 12.2. The van der Waals surface area contributed by atoms with Crippen molar-refractivity contribution < 1.29 is 9.59 Å². The summed E-state index contributed by atoms with van der Waals surface area (Å²) in [6.07, 6.45) is 2.04. The summed E-state index contributed by atoms with van der Waals surface area (Å²) in [5, 5.41) is 2.01. The van der Waals surface area contributed by atoms with Crippen molar-refractivity contribution in [2.75, 3.05) is 13.1 Å². The second-order valence-electron chi connectivity index (χ2n) is 6.75. The highest BCUT2D eigenvalue weighted by Crippen LogP contribution is 2.24. The molecule has 1 fully saturated rings. The second-order valence-corrected chi connectivity index (χ2v) is 7.78. The number of aryl methyl sites for hydroxylation is 1. The molecule has 3 rings (SSSR count). The normalized spacial score (nSPS) is 16.7. The Kier molecular flexibility index (Phi) is 5.89. The van der Waals surface area contributed by atoms with Crippen molar-refractivity contribution in [1.29, 1.82) is 0 Å². The van der Waals surface area contributed by atoms with Crippen LogP contribution in [0, 0.1) is 12.8 Å². The van der Waals surface area contributed by atoms with E-state index in [-0.39, 0.29) is 17.7 Å². The van der Waals surface area contributed by atoms with E-state index in [0.717, 1.165) is 10.4 Å². The molecule has 2 amide bonds. The molecular formula is C21H24N2O2S. The Morgan fingerprint density at radius 3 is 2.77 bits per heavy atom. The smallest absolute Gasteiger partial charge is 0.228 e. The van der Waals surface area contributed by atoms with Crippen LogP contribution in [-0.2, 0) is 22.7 Å². The average Bonchev–Trinajstić information content (AvgIpc) is 3.26. The molecule has 1 aromatic carbocycles. The van der Waals surface area contributed by atoms with Crippen molar-refractivity contribution in [2.45, 2.75) is 26.4 Å². The maximum Gasteiger partial charge on any atom is 0.228 e. The van der Waals surface area contributed by atoms with Crippen LogP contribution in [0.4, 0.5) is 0 Å². The van der Waals surface area contributed by atoms with Crippen LogP contribution < -0.4 is 0 Å². The number of carbonyl (C=O) groups is 2. The third kappa shape index (κ3) is 4.41. The van der Waals surface area contributed by atoms with Crippen molar-refractivity contribution in [3.63, 3.8) is 0 Å². The lowest BCUT2D eigenvalue weighted by Crippen LogP contribution is -2.37. The molecule has 0 spiro atoms. The first-order chi connectivity index (χ1) is 12.6. The van der Waals surface area contributed by atoms with Gasteiger partial charge in [0.15, 0.2) is 0 Å². The molecule has 136 valence electrons. The summed E-state index contributed by atoms with van der Waals surface area (Å²) in [4.78, 5) is 30.1. The van der Waals surface area contributed by atoms with Crippen LogP contribution in [0.2, 0.25) is 0 Å². The summed E-state index contributed by atoms with van der Waals surface area (Å²) in [6.45, 7) is 7.94. The van der Waals surface area contributed by atoms with Crippen LogP contribution in [0.15, 0.2) is 54.4 Å². The molecule has 0 aliphatic carbocycles. The number of amides is 2. The van der Waals surface area contributed by atoms with Gasteiger partial charge < -0.3 is 9.80 Å². The Hall–Kier alpha value is -2.40. The molecule has 0 bridgehead atoms. The fourth-order valence-electron chi connectivity index (χ4n) is 3.24. The average molecular weight is 369 g/mol. The minimum Gasteiger partial charge on any atom is -0.338 e. The minimum absolute atomic E-state index is 0.0399. The molecule has 1 unspecified atom stereocenters. The topological polar surface area (TPSA) is 40.6 Å². The maximum atomic E-state index is 13.0. The number of hydrogen-bond acceptors (Lipinski definition) is 3. The van der Waals surface area contributed by atoms with Crippen molar-refractivity contribution >= 4 is 23.2 Å². The van der Waals surface area contributed by atoms with Gasteiger partial charge in [-0.1, -0.05) is 42.0 Å². The Morgan fingerprint density at radius 1 is 1.35 bits per heavy atom. The second kappa shape index (κ2) is 8.32. The van der Waals surface area contributed by atoms with Crippen LogP contribution >= 0.6 is 11.3 Å². The number of nitrogens with zero attached hydrogens (tertiary/aromatic N) is 2. The first-order valence-corrected chi connectivity index (χ1v) is 9.70. The molecule has 0 saturated carbocycles. The number of likely N-dealkylation sites (tertiary alicyclic amines) is 1. The maximum absolute atomic E-state index is 13.0. The van der Waals surface area contributed by atoms with Crippen molar-refractivity contribution in [3.05, 3.63) is 70.4 Å². The first kappa shape index (κ1) is 18.4. The number of carbonyl (C=O) groups excluding carboxylic acids is 2. The predicted octanol–water partition coefficient (Wildman–Crippen LogP) is 3.62. The van der Waals surface area contributed by atoms with Crippen LogP contribution in [-0.4, -0.2) is 34.7 Å². The molecule has 0 radical (unpaired) electrons. The first-order valence-electron chi connectivity index (χ1n) is 8.82. The third-order valence-electron chi connectivity index (χ3n) is 4.65. The van der Waals surface area contributed by atoms with E-state index < -0.39 is 0 Å². The zero-order valence-corrected chi connectivity index (χ0v) is 15.9. The summed E-state index contributed by atoms with van der Waals surface area (Å²) < 4.78 is 0. The van der Waals surface area contributed by atoms with Gasteiger partial charge in [0, 0.05) is 30.9 Å². The molecule has 1 saturated heterocycles. The van der Waals surface area contributed by atoms with Gasteiger partial charge in [-0.15, -0.1) is 17.9 Å². The minimum atomic E-state index is -0.270. The van der Waals surface area contributed by atoms with E-state index in [2.05, 4.69) is 6.58 Å². The number of rotatable bonds is 7. The van der Waals surface area contributed by atoms with Crippen molar-refractivity contribution in [2.24, 2.45) is 5.92 Å². The Morgan fingerprint density at radius 2 is 2.12 bits per heavy atom. The quantitative estimate of drug-likeness (QED) is 0.701. The van der Waals surface area contributed by atoms with Gasteiger partial charge >= 0.3 is 0 Å². The molecule has 4 nitrogen and oxygen atoms in total. The molecule has 2 heterocycles. The fraction of sp³-hybridized carbons (Fsp3) is 0.333. The molecule has 5 heteroatoms. The highest BCUT2D eigenvalue weighted by Gasteiger charge is 2.36. The van der Waals surface area contributed by atoms with E-state index in [9.17, 15) is 9.59 Å². The molecule has 1 aliphatic heterocycles. The van der Waals surface area contributed by atoms with Gasteiger partial charge in [-0.25, -0.2) is 0 Å². The predicted molar refractivity (Wildman–Crippen MR) is 105 cm³/mol. The summed E-state index contributed by atoms with van der Waals surface area (Å²) in [7, 11) is 0. The molecule has 26 heavy (non-hydrogen) atoms. The highest BCUT2D eigenvalue weighted by atomic mass is 32.1. The molecule has 1 atom stereocenters. The summed E-state index contributed by atoms with van der Waals surface area (Å²) in [5.41, 5.74) is 2.29. The third-order valence-corrected chi connectivity index (χ3v) is 5.51. The zero-order valence-electron chi connectivity index (χ0n) is 15.1. The van der Waals surface area contributed by atoms with Crippen molar-refractivity contribution in [1.82, 2.24) is 9.80 Å². The van der Waals surface area contributed by atoms with E-state index in [0.29, 0.717) is 32.6 Å². The largest absolute Gasteiger partial charge is 0.338 e. The Labute approximate surface area is 158 Å². The molecule has 0 N–H and O–H groups in total. The SMILES string of the molecule is C=CCN(Cc1cccs1)C(=O)C1CC(=O)N(Cc2ccc(C)cc2)C1. The van der Waals surface area contributed by atoms with Crippen LogP contribution in [0.5, 0.6) is 0 Å². The van der Waals surface area contributed by atoms with E-state index >= 15 is 0 Å². The molecule has 1 aliphatic rings. The van der Waals surface area contributed by atoms with Gasteiger partial charge in [0.05, 0.1) is 12.5 Å². The number of hydrogen-bond donors (Lipinski definition) is 0. The molecule has 2 aromatic rings. The highest BCUT2D eigenvalue weighted by molar-refractivity contribution is 7.09. The Bertz CT molecular complexity index is 768. The summed E-state index contributed by atoms with van der Waals surface area (Å²) in [5.74, 6) is -0.176. The van der Waals surface area contributed by atoms with E-state index in [1.54, 1.807) is 27.2 Å².